The lowest BCUT2D eigenvalue weighted by Gasteiger charge is -2.16. The van der Waals surface area contributed by atoms with Crippen LogP contribution in [0.25, 0.3) is 0 Å². The number of nitrogens with two attached hydrogens (primary N) is 1. The summed E-state index contributed by atoms with van der Waals surface area (Å²) in [5, 5.41) is 2.90. The van der Waals surface area contributed by atoms with Gasteiger partial charge in [0.15, 0.2) is 0 Å². The second-order valence-electron chi connectivity index (χ2n) is 4.86. The van der Waals surface area contributed by atoms with Crippen molar-refractivity contribution in [1.82, 2.24) is 5.32 Å². The number of amides is 1. The van der Waals surface area contributed by atoms with Crippen LogP contribution in [0.3, 0.4) is 0 Å². The lowest BCUT2D eigenvalue weighted by molar-refractivity contribution is -0.124. The van der Waals surface area contributed by atoms with E-state index in [1.165, 1.54) is 12.7 Å². The zero-order valence-corrected chi connectivity index (χ0v) is 12.8. The zero-order chi connectivity index (χ0) is 14.0. The van der Waals surface area contributed by atoms with Crippen LogP contribution >= 0.6 is 12.4 Å². The van der Waals surface area contributed by atoms with Gasteiger partial charge in [-0.25, -0.2) is 0 Å². The number of carbonyl (C=O) groups is 1. The Morgan fingerprint density at radius 1 is 1.55 bits per heavy atom. The van der Waals surface area contributed by atoms with Gasteiger partial charge in [-0.15, -0.1) is 12.4 Å². The molecular weight excluding hydrogens is 280 g/mol. The molecule has 2 unspecified atom stereocenters. The van der Waals surface area contributed by atoms with Crippen molar-refractivity contribution in [2.24, 2.45) is 5.73 Å². The van der Waals surface area contributed by atoms with Crippen LogP contribution in [-0.4, -0.2) is 32.3 Å². The molecule has 0 fully saturated rings. The third-order valence-electron chi connectivity index (χ3n) is 3.48. The summed E-state index contributed by atoms with van der Waals surface area (Å²) in [5.41, 5.74) is 9.02. The lowest BCUT2D eigenvalue weighted by atomic mass is 10.0. The van der Waals surface area contributed by atoms with Crippen molar-refractivity contribution in [2.45, 2.75) is 25.9 Å². The molecule has 1 aromatic rings. The van der Waals surface area contributed by atoms with Crippen molar-refractivity contribution < 1.29 is 14.3 Å². The van der Waals surface area contributed by atoms with Gasteiger partial charge >= 0.3 is 0 Å². The molecule has 112 valence electrons. The molecule has 2 rings (SSSR count). The summed E-state index contributed by atoms with van der Waals surface area (Å²) in [6, 6.07) is 3.25. The Labute approximate surface area is 125 Å². The monoisotopic (exact) mass is 300 g/mol. The fourth-order valence-electron chi connectivity index (χ4n) is 2.19. The summed E-state index contributed by atoms with van der Waals surface area (Å²) in [4.78, 5) is 11.9. The maximum Gasteiger partial charge on any atom is 0.239 e. The standard InChI is InChI=1S/C14H20N2O3.ClH/c1-8-4-5-10-12(7-19-13(10)9(8)2)16-14(17)11(15)6-18-3;/h4-5,11-12H,6-7,15H2,1-3H3,(H,16,17);1H. The number of rotatable bonds is 4. The number of methoxy groups -OCH3 is 1. The molecule has 0 spiro atoms. The van der Waals surface area contributed by atoms with Gasteiger partial charge in [-0.1, -0.05) is 12.1 Å². The third-order valence-corrected chi connectivity index (χ3v) is 3.48. The molecule has 6 heteroatoms. The molecular formula is C14H21ClN2O3. The van der Waals surface area contributed by atoms with Crippen LogP contribution < -0.4 is 15.8 Å². The molecule has 1 aromatic carbocycles. The number of fused-ring (bicyclic) bond motifs is 1. The van der Waals surface area contributed by atoms with Crippen LogP contribution in [0.4, 0.5) is 0 Å². The number of benzene rings is 1. The molecule has 1 heterocycles. The van der Waals surface area contributed by atoms with E-state index >= 15 is 0 Å². The van der Waals surface area contributed by atoms with Crippen LogP contribution in [-0.2, 0) is 9.53 Å². The minimum atomic E-state index is -0.652. The number of aryl methyl sites for hydroxylation is 1. The van der Waals surface area contributed by atoms with Crippen molar-refractivity contribution in [1.29, 1.82) is 0 Å². The van der Waals surface area contributed by atoms with E-state index in [0.717, 1.165) is 16.9 Å². The molecule has 0 bridgehead atoms. The molecule has 0 aliphatic carbocycles. The molecule has 1 amide bonds. The second kappa shape index (κ2) is 6.92. The summed E-state index contributed by atoms with van der Waals surface area (Å²) in [6.45, 7) is 4.72. The Bertz CT molecular complexity index is 494. The predicted molar refractivity (Wildman–Crippen MR) is 79.4 cm³/mol. The predicted octanol–water partition coefficient (Wildman–Crippen LogP) is 1.25. The molecule has 0 saturated heterocycles. The molecule has 20 heavy (non-hydrogen) atoms. The van der Waals surface area contributed by atoms with Crippen LogP contribution in [0.5, 0.6) is 5.75 Å². The van der Waals surface area contributed by atoms with Crippen molar-refractivity contribution in [3.63, 3.8) is 0 Å². The summed E-state index contributed by atoms with van der Waals surface area (Å²) >= 11 is 0. The topological polar surface area (TPSA) is 73.6 Å². The SMILES string of the molecule is COCC(N)C(=O)NC1COc2c1ccc(C)c2C.Cl. The van der Waals surface area contributed by atoms with E-state index in [-0.39, 0.29) is 31.0 Å². The summed E-state index contributed by atoms with van der Waals surface area (Å²) < 4.78 is 10.6. The van der Waals surface area contributed by atoms with Gasteiger partial charge in [0.2, 0.25) is 5.91 Å². The molecule has 0 saturated carbocycles. The highest BCUT2D eigenvalue weighted by Gasteiger charge is 2.28. The Morgan fingerprint density at radius 2 is 2.25 bits per heavy atom. The molecule has 0 radical (unpaired) electrons. The third kappa shape index (κ3) is 3.23. The number of ether oxygens (including phenoxy) is 2. The number of halogens is 1. The van der Waals surface area contributed by atoms with Crippen molar-refractivity contribution in [3.8, 4) is 5.75 Å². The minimum absolute atomic E-state index is 0. The minimum Gasteiger partial charge on any atom is -0.490 e. The van der Waals surface area contributed by atoms with Crippen molar-refractivity contribution in [2.75, 3.05) is 20.3 Å². The molecule has 0 aromatic heterocycles. The van der Waals surface area contributed by atoms with Crippen LogP contribution in [0.15, 0.2) is 12.1 Å². The normalized spacial score (nSPS) is 17.7. The fraction of sp³-hybridized carbons (Fsp3) is 0.500. The second-order valence-corrected chi connectivity index (χ2v) is 4.86. The largest absolute Gasteiger partial charge is 0.490 e. The van der Waals surface area contributed by atoms with Gasteiger partial charge in [0, 0.05) is 12.7 Å². The maximum atomic E-state index is 11.9. The molecule has 3 N–H and O–H groups in total. The Morgan fingerprint density at radius 3 is 2.90 bits per heavy atom. The number of carbonyl (C=O) groups excluding carboxylic acids is 1. The van der Waals surface area contributed by atoms with Gasteiger partial charge in [-0.05, 0) is 25.0 Å². The summed E-state index contributed by atoms with van der Waals surface area (Å²) in [5.74, 6) is 0.659. The van der Waals surface area contributed by atoms with Crippen LogP contribution in [0.2, 0.25) is 0 Å². The average molecular weight is 301 g/mol. The van der Waals surface area contributed by atoms with Crippen molar-refractivity contribution in [3.05, 3.63) is 28.8 Å². The van der Waals surface area contributed by atoms with Gasteiger partial charge in [0.25, 0.3) is 0 Å². The quantitative estimate of drug-likeness (QED) is 0.878. The van der Waals surface area contributed by atoms with E-state index in [9.17, 15) is 4.79 Å². The van der Waals surface area contributed by atoms with Gasteiger partial charge in [-0.2, -0.15) is 0 Å². The average Bonchev–Trinajstić information content (AvgIpc) is 2.78. The van der Waals surface area contributed by atoms with Gasteiger partial charge in [0.05, 0.1) is 12.6 Å². The zero-order valence-electron chi connectivity index (χ0n) is 11.9. The fourth-order valence-corrected chi connectivity index (χ4v) is 2.19. The Hall–Kier alpha value is -1.30. The first-order valence-electron chi connectivity index (χ1n) is 6.32. The lowest BCUT2D eigenvalue weighted by Crippen LogP contribution is -2.45. The Kier molecular flexibility index (Phi) is 5.80. The van der Waals surface area contributed by atoms with Crippen molar-refractivity contribution >= 4 is 18.3 Å². The van der Waals surface area contributed by atoms with Gasteiger partial charge in [-0.3, -0.25) is 4.79 Å². The first kappa shape index (κ1) is 16.8. The highest BCUT2D eigenvalue weighted by Crippen LogP contribution is 2.36. The number of hydrogen-bond acceptors (Lipinski definition) is 4. The Balaban J connectivity index is 0.00000200. The maximum absolute atomic E-state index is 11.9. The van der Waals surface area contributed by atoms with Gasteiger partial charge < -0.3 is 20.5 Å². The van der Waals surface area contributed by atoms with E-state index in [4.69, 9.17) is 15.2 Å². The molecule has 1 aliphatic heterocycles. The van der Waals surface area contributed by atoms with E-state index in [1.54, 1.807) is 0 Å². The highest BCUT2D eigenvalue weighted by molar-refractivity contribution is 5.85. The summed E-state index contributed by atoms with van der Waals surface area (Å²) in [6.07, 6.45) is 0. The highest BCUT2D eigenvalue weighted by atomic mass is 35.5. The van der Waals surface area contributed by atoms with Crippen LogP contribution in [0.1, 0.15) is 22.7 Å². The summed E-state index contributed by atoms with van der Waals surface area (Å²) in [7, 11) is 1.52. The smallest absolute Gasteiger partial charge is 0.239 e. The molecule has 2 atom stereocenters. The van der Waals surface area contributed by atoms with E-state index in [2.05, 4.69) is 5.32 Å². The first-order chi connectivity index (χ1) is 9.04. The number of nitrogens with one attached hydrogen (secondary N) is 1. The van der Waals surface area contributed by atoms with E-state index in [0.29, 0.717) is 6.61 Å². The first-order valence-corrected chi connectivity index (χ1v) is 6.32. The van der Waals surface area contributed by atoms with Crippen LogP contribution in [0, 0.1) is 13.8 Å². The molecule has 1 aliphatic rings. The number of hydrogen-bond donors (Lipinski definition) is 2. The van der Waals surface area contributed by atoms with E-state index in [1.807, 2.05) is 26.0 Å². The molecule has 5 nitrogen and oxygen atoms in total. The van der Waals surface area contributed by atoms with Gasteiger partial charge in [0.1, 0.15) is 18.4 Å². The van der Waals surface area contributed by atoms with E-state index < -0.39 is 6.04 Å².